The lowest BCUT2D eigenvalue weighted by atomic mass is 10.1. The van der Waals surface area contributed by atoms with Crippen molar-refractivity contribution in [2.24, 2.45) is 5.92 Å². The van der Waals surface area contributed by atoms with E-state index in [1.807, 2.05) is 0 Å². The Morgan fingerprint density at radius 3 is 2.44 bits per heavy atom. The molecule has 0 saturated carbocycles. The number of anilines is 1. The van der Waals surface area contributed by atoms with Crippen molar-refractivity contribution in [3.63, 3.8) is 0 Å². The second-order valence-electron chi connectivity index (χ2n) is 6.29. The van der Waals surface area contributed by atoms with Crippen LogP contribution in [0.4, 0.5) is 14.5 Å². The highest BCUT2D eigenvalue weighted by molar-refractivity contribution is 6.01. The lowest BCUT2D eigenvalue weighted by Gasteiger charge is -2.17. The summed E-state index contributed by atoms with van der Waals surface area (Å²) < 4.78 is 26.6. The molecule has 1 aliphatic rings. The molecule has 8 heteroatoms. The highest BCUT2D eigenvalue weighted by Gasteiger charge is 2.35. The largest absolute Gasteiger partial charge is 0.311 e. The zero-order valence-electron chi connectivity index (χ0n) is 14.5. The number of hydrazine groups is 1. The summed E-state index contributed by atoms with van der Waals surface area (Å²) in [6.45, 7) is 1.70. The summed E-state index contributed by atoms with van der Waals surface area (Å²) in [5, 5.41) is 0. The summed E-state index contributed by atoms with van der Waals surface area (Å²) in [6.07, 6.45) is -0.0479. The average Bonchev–Trinajstić information content (AvgIpc) is 3.04. The first-order valence-corrected chi connectivity index (χ1v) is 8.27. The van der Waals surface area contributed by atoms with Gasteiger partial charge in [-0.2, -0.15) is 0 Å². The molecule has 2 N–H and O–H groups in total. The molecule has 2 aromatic rings. The van der Waals surface area contributed by atoms with Crippen LogP contribution in [0.2, 0.25) is 0 Å². The van der Waals surface area contributed by atoms with E-state index in [0.717, 1.165) is 12.1 Å². The molecule has 1 fully saturated rings. The molecule has 2 aromatic carbocycles. The molecule has 0 radical (unpaired) electrons. The first-order valence-electron chi connectivity index (χ1n) is 8.27. The predicted molar refractivity (Wildman–Crippen MR) is 93.6 cm³/mol. The van der Waals surface area contributed by atoms with E-state index in [4.69, 9.17) is 0 Å². The smallest absolute Gasteiger partial charge is 0.269 e. The highest BCUT2D eigenvalue weighted by Crippen LogP contribution is 2.26. The third kappa shape index (κ3) is 4.11. The first-order chi connectivity index (χ1) is 12.8. The summed E-state index contributed by atoms with van der Waals surface area (Å²) in [4.78, 5) is 37.7. The van der Waals surface area contributed by atoms with E-state index < -0.39 is 29.4 Å². The summed E-state index contributed by atoms with van der Waals surface area (Å²) in [5.41, 5.74) is 5.52. The van der Waals surface area contributed by atoms with E-state index in [-0.39, 0.29) is 24.4 Å². The van der Waals surface area contributed by atoms with Gasteiger partial charge < -0.3 is 4.90 Å². The van der Waals surface area contributed by atoms with Gasteiger partial charge in [0.15, 0.2) is 0 Å². The normalized spacial score (nSPS) is 16.3. The van der Waals surface area contributed by atoms with Crippen LogP contribution < -0.4 is 15.8 Å². The molecule has 140 valence electrons. The van der Waals surface area contributed by atoms with E-state index in [1.165, 1.54) is 23.1 Å². The van der Waals surface area contributed by atoms with E-state index in [9.17, 15) is 23.2 Å². The Hall–Kier alpha value is -3.29. The number of benzene rings is 2. The summed E-state index contributed by atoms with van der Waals surface area (Å²) in [7, 11) is 0. The van der Waals surface area contributed by atoms with Crippen LogP contribution in [-0.4, -0.2) is 24.3 Å². The molecule has 1 saturated heterocycles. The lowest BCUT2D eigenvalue weighted by molar-refractivity contribution is -0.126. The number of aryl methyl sites for hydroxylation is 1. The second-order valence-corrected chi connectivity index (χ2v) is 6.29. The van der Waals surface area contributed by atoms with Gasteiger partial charge >= 0.3 is 0 Å². The Labute approximate surface area is 154 Å². The maximum absolute atomic E-state index is 13.7. The minimum absolute atomic E-state index is 0.0479. The maximum atomic E-state index is 13.7. The molecule has 3 rings (SSSR count). The van der Waals surface area contributed by atoms with Crippen LogP contribution >= 0.6 is 0 Å². The standard InChI is InChI=1S/C19H17F2N3O3/c1-11-2-7-15(9-16(11)21)24-10-13(8-17(24)25)19(27)23-22-18(26)12-3-5-14(20)6-4-12/h2-7,9,13H,8,10H2,1H3,(H,22,26)(H,23,27)/t13-/m1/s1. The van der Waals surface area contributed by atoms with Crippen molar-refractivity contribution < 1.29 is 23.2 Å². The Kier molecular flexibility index (Phi) is 5.16. The van der Waals surface area contributed by atoms with Crippen LogP contribution in [0.1, 0.15) is 22.3 Å². The molecule has 0 spiro atoms. The molecule has 0 bridgehead atoms. The quantitative estimate of drug-likeness (QED) is 0.809. The van der Waals surface area contributed by atoms with Crippen LogP contribution in [0.25, 0.3) is 0 Å². The van der Waals surface area contributed by atoms with Gasteiger partial charge in [-0.1, -0.05) is 6.07 Å². The Balaban J connectivity index is 1.59. The number of carbonyl (C=O) groups excluding carboxylic acids is 3. The van der Waals surface area contributed by atoms with Crippen molar-refractivity contribution in [2.75, 3.05) is 11.4 Å². The fourth-order valence-electron chi connectivity index (χ4n) is 2.78. The minimum Gasteiger partial charge on any atom is -0.311 e. The molecular weight excluding hydrogens is 356 g/mol. The van der Waals surface area contributed by atoms with Crippen molar-refractivity contribution in [2.45, 2.75) is 13.3 Å². The van der Waals surface area contributed by atoms with Gasteiger partial charge in [0.25, 0.3) is 5.91 Å². The number of carbonyl (C=O) groups is 3. The van der Waals surface area contributed by atoms with E-state index in [2.05, 4.69) is 10.9 Å². The van der Waals surface area contributed by atoms with Crippen molar-refractivity contribution in [3.05, 3.63) is 65.2 Å². The number of nitrogens with zero attached hydrogens (tertiary/aromatic N) is 1. The first kappa shape index (κ1) is 18.5. The van der Waals surface area contributed by atoms with Crippen molar-refractivity contribution in [3.8, 4) is 0 Å². The Morgan fingerprint density at radius 1 is 1.07 bits per heavy atom. The molecule has 27 heavy (non-hydrogen) atoms. The van der Waals surface area contributed by atoms with E-state index >= 15 is 0 Å². The fraction of sp³-hybridized carbons (Fsp3) is 0.211. The van der Waals surface area contributed by atoms with Gasteiger partial charge in [-0.05, 0) is 48.9 Å². The zero-order chi connectivity index (χ0) is 19.6. The van der Waals surface area contributed by atoms with Crippen molar-refractivity contribution in [1.29, 1.82) is 0 Å². The average molecular weight is 373 g/mol. The number of halogens is 2. The fourth-order valence-corrected chi connectivity index (χ4v) is 2.78. The van der Waals surface area contributed by atoms with Crippen molar-refractivity contribution in [1.82, 2.24) is 10.9 Å². The predicted octanol–water partition coefficient (Wildman–Crippen LogP) is 2.09. The molecule has 1 atom stereocenters. The van der Waals surface area contributed by atoms with Gasteiger partial charge in [0, 0.05) is 24.2 Å². The van der Waals surface area contributed by atoms with Gasteiger partial charge in [-0.25, -0.2) is 8.78 Å². The summed E-state index contributed by atoms with van der Waals surface area (Å²) >= 11 is 0. The molecule has 6 nitrogen and oxygen atoms in total. The van der Waals surface area contributed by atoms with Gasteiger partial charge in [0.1, 0.15) is 11.6 Å². The van der Waals surface area contributed by atoms with E-state index in [0.29, 0.717) is 11.3 Å². The Bertz CT molecular complexity index is 900. The molecule has 1 heterocycles. The topological polar surface area (TPSA) is 78.5 Å². The number of nitrogens with one attached hydrogen (secondary N) is 2. The van der Waals surface area contributed by atoms with Crippen LogP contribution in [0, 0.1) is 24.5 Å². The number of amides is 3. The van der Waals surface area contributed by atoms with Gasteiger partial charge in [0.05, 0.1) is 5.92 Å². The van der Waals surface area contributed by atoms with Crippen LogP contribution in [-0.2, 0) is 9.59 Å². The molecular formula is C19H17F2N3O3. The maximum Gasteiger partial charge on any atom is 0.269 e. The molecule has 0 unspecified atom stereocenters. The summed E-state index contributed by atoms with van der Waals surface area (Å²) in [6, 6.07) is 9.26. The zero-order valence-corrected chi connectivity index (χ0v) is 14.5. The molecule has 0 aliphatic carbocycles. The third-order valence-corrected chi connectivity index (χ3v) is 4.37. The second kappa shape index (κ2) is 7.53. The Morgan fingerprint density at radius 2 is 1.78 bits per heavy atom. The third-order valence-electron chi connectivity index (χ3n) is 4.37. The molecule has 1 aliphatic heterocycles. The minimum atomic E-state index is -0.685. The van der Waals surface area contributed by atoms with Gasteiger partial charge in [-0.3, -0.25) is 25.2 Å². The van der Waals surface area contributed by atoms with Gasteiger partial charge in [-0.15, -0.1) is 0 Å². The lowest BCUT2D eigenvalue weighted by Crippen LogP contribution is -2.45. The molecule has 3 amide bonds. The number of hydrogen-bond acceptors (Lipinski definition) is 3. The SMILES string of the molecule is Cc1ccc(N2C[C@H](C(=O)NNC(=O)c3ccc(F)cc3)CC2=O)cc1F. The summed E-state index contributed by atoms with van der Waals surface area (Å²) in [5.74, 6) is -3.04. The van der Waals surface area contributed by atoms with E-state index in [1.54, 1.807) is 19.1 Å². The van der Waals surface area contributed by atoms with Crippen molar-refractivity contribution >= 4 is 23.4 Å². The number of rotatable bonds is 3. The van der Waals surface area contributed by atoms with Crippen LogP contribution in [0.15, 0.2) is 42.5 Å². The van der Waals surface area contributed by atoms with Crippen LogP contribution in [0.3, 0.4) is 0 Å². The van der Waals surface area contributed by atoms with Crippen LogP contribution in [0.5, 0.6) is 0 Å². The number of hydrogen-bond donors (Lipinski definition) is 2. The molecule has 0 aromatic heterocycles. The highest BCUT2D eigenvalue weighted by atomic mass is 19.1. The monoisotopic (exact) mass is 373 g/mol. The van der Waals surface area contributed by atoms with Gasteiger partial charge in [0.2, 0.25) is 11.8 Å².